The lowest BCUT2D eigenvalue weighted by Crippen LogP contribution is -2.48. The van der Waals surface area contributed by atoms with E-state index in [9.17, 15) is 14.7 Å². The maximum Gasteiger partial charge on any atom is 0.254 e. The van der Waals surface area contributed by atoms with E-state index in [4.69, 9.17) is 4.52 Å². The normalized spacial score (nSPS) is 16.4. The average Bonchev–Trinajstić information content (AvgIpc) is 3.78. The molecule has 0 bridgehead atoms. The summed E-state index contributed by atoms with van der Waals surface area (Å²) in [6.45, 7) is 7.36. The number of aryl methyl sites for hydroxylation is 1. The monoisotopic (exact) mass is 601 g/mol. The lowest BCUT2D eigenvalue weighted by molar-refractivity contribution is 0.0735. The molecule has 0 spiro atoms. The Kier molecular flexibility index (Phi) is 10.0. The molecule has 3 atom stereocenters. The third-order valence-corrected chi connectivity index (χ3v) is 8.77. The summed E-state index contributed by atoms with van der Waals surface area (Å²) < 4.78 is 5.39. The van der Waals surface area contributed by atoms with Gasteiger partial charge in [0.2, 0.25) is 0 Å². The molecule has 3 heterocycles. The van der Waals surface area contributed by atoms with Gasteiger partial charge in [-0.15, -0.1) is 11.3 Å². The number of aliphatic hydroxyl groups is 1. The van der Waals surface area contributed by atoms with Crippen molar-refractivity contribution in [1.29, 1.82) is 0 Å². The summed E-state index contributed by atoms with van der Waals surface area (Å²) in [6, 6.07) is 17.8. The third kappa shape index (κ3) is 7.76. The highest BCUT2D eigenvalue weighted by Gasteiger charge is 2.33. The number of hydrogen-bond donors (Lipinski definition) is 3. The number of nitrogens with zero attached hydrogens (tertiary/aromatic N) is 3. The number of hydrogen-bond acceptors (Lipinski definition) is 8. The molecule has 2 aromatic heterocycles. The lowest BCUT2D eigenvalue weighted by atomic mass is 10.00. The molecule has 3 N–H and O–H groups in total. The molecule has 2 aromatic carbocycles. The Bertz CT molecular complexity index is 1520. The quantitative estimate of drug-likeness (QED) is 0.208. The van der Waals surface area contributed by atoms with Gasteiger partial charge in [0.25, 0.3) is 11.8 Å². The number of rotatable bonds is 12. The molecule has 5 rings (SSSR count). The van der Waals surface area contributed by atoms with Crippen molar-refractivity contribution in [3.8, 4) is 0 Å². The Hall–Kier alpha value is -3.86. The second-order valence-corrected chi connectivity index (χ2v) is 12.3. The molecule has 0 saturated carbocycles. The number of carbonyl (C=O) groups is 2. The third-order valence-electron chi connectivity index (χ3n) is 7.71. The first-order valence-corrected chi connectivity index (χ1v) is 15.7. The van der Waals surface area contributed by atoms with Crippen molar-refractivity contribution >= 4 is 23.2 Å². The fourth-order valence-electron chi connectivity index (χ4n) is 5.32. The van der Waals surface area contributed by atoms with Crippen LogP contribution < -0.4 is 10.6 Å². The first-order chi connectivity index (χ1) is 20.8. The zero-order valence-electron chi connectivity index (χ0n) is 24.8. The number of thiazole rings is 1. The van der Waals surface area contributed by atoms with Crippen LogP contribution in [0, 0.1) is 6.92 Å². The second-order valence-electron chi connectivity index (χ2n) is 11.4. The van der Waals surface area contributed by atoms with E-state index in [2.05, 4.69) is 20.8 Å². The first-order valence-electron chi connectivity index (χ1n) is 14.8. The molecule has 9 nitrogen and oxygen atoms in total. The van der Waals surface area contributed by atoms with E-state index in [1.165, 1.54) is 0 Å². The van der Waals surface area contributed by atoms with Gasteiger partial charge >= 0.3 is 0 Å². The standard InChI is InChI=1S/C33H39N5O4S/c1-21(2)27-17-26(42-37-27)18-34-19-30(39)28(15-23-9-5-4-6-10-23)36-31(40)24-11-7-12-25(16-24)33(41)38-14-8-13-29(38)32-35-22(3)20-43-32/h4-7,9-12,16-17,20-21,28-30,34,39H,8,13-15,18-19H2,1-3H3,(H,36,40). The van der Waals surface area contributed by atoms with Crippen LogP contribution in [0.25, 0.3) is 0 Å². The molecular weight excluding hydrogens is 562 g/mol. The van der Waals surface area contributed by atoms with E-state index < -0.39 is 12.1 Å². The smallest absolute Gasteiger partial charge is 0.254 e. The highest BCUT2D eigenvalue weighted by Crippen LogP contribution is 2.34. The van der Waals surface area contributed by atoms with Crippen LogP contribution in [0.3, 0.4) is 0 Å². The number of aromatic nitrogens is 2. The van der Waals surface area contributed by atoms with Crippen LogP contribution >= 0.6 is 11.3 Å². The zero-order valence-corrected chi connectivity index (χ0v) is 25.6. The second kappa shape index (κ2) is 14.1. The molecule has 2 amide bonds. The Labute approximate surface area is 256 Å². The van der Waals surface area contributed by atoms with E-state index in [1.807, 2.05) is 67.4 Å². The molecule has 1 saturated heterocycles. The van der Waals surface area contributed by atoms with Crippen LogP contribution in [0.5, 0.6) is 0 Å². The minimum atomic E-state index is -0.881. The van der Waals surface area contributed by atoms with Crippen molar-refractivity contribution in [2.45, 2.75) is 70.7 Å². The summed E-state index contributed by atoms with van der Waals surface area (Å²) >= 11 is 1.58. The molecule has 1 fully saturated rings. The Morgan fingerprint density at radius 3 is 2.63 bits per heavy atom. The summed E-state index contributed by atoms with van der Waals surface area (Å²) in [7, 11) is 0. The topological polar surface area (TPSA) is 121 Å². The van der Waals surface area contributed by atoms with Crippen LogP contribution in [0.2, 0.25) is 0 Å². The summed E-state index contributed by atoms with van der Waals surface area (Å²) in [5.74, 6) is 0.496. The van der Waals surface area contributed by atoms with Crippen LogP contribution in [0.1, 0.15) is 87.1 Å². The van der Waals surface area contributed by atoms with Gasteiger partial charge in [-0.05, 0) is 55.9 Å². The summed E-state index contributed by atoms with van der Waals surface area (Å²) in [6.07, 6.45) is 1.35. The van der Waals surface area contributed by atoms with E-state index in [0.29, 0.717) is 36.4 Å². The van der Waals surface area contributed by atoms with Crippen molar-refractivity contribution < 1.29 is 19.2 Å². The Balaban J connectivity index is 1.26. The summed E-state index contributed by atoms with van der Waals surface area (Å²) in [5, 5.41) is 24.5. The average molecular weight is 602 g/mol. The largest absolute Gasteiger partial charge is 0.390 e. The van der Waals surface area contributed by atoms with E-state index in [1.54, 1.807) is 35.6 Å². The van der Waals surface area contributed by atoms with Crippen LogP contribution in [-0.2, 0) is 13.0 Å². The number of amides is 2. The van der Waals surface area contributed by atoms with Gasteiger partial charge in [0.1, 0.15) is 5.01 Å². The van der Waals surface area contributed by atoms with Gasteiger partial charge in [0.15, 0.2) is 5.76 Å². The van der Waals surface area contributed by atoms with E-state index in [0.717, 1.165) is 34.8 Å². The highest BCUT2D eigenvalue weighted by molar-refractivity contribution is 7.09. The highest BCUT2D eigenvalue weighted by atomic mass is 32.1. The number of carbonyl (C=O) groups excluding carboxylic acids is 2. The summed E-state index contributed by atoms with van der Waals surface area (Å²) in [5.41, 5.74) is 3.66. The molecule has 1 aliphatic heterocycles. The molecule has 1 aliphatic rings. The Morgan fingerprint density at radius 1 is 1.12 bits per heavy atom. The number of benzene rings is 2. The molecule has 226 valence electrons. The van der Waals surface area contributed by atoms with Gasteiger partial charge in [-0.25, -0.2) is 4.98 Å². The van der Waals surface area contributed by atoms with Crippen LogP contribution in [0.15, 0.2) is 70.6 Å². The minimum absolute atomic E-state index is 0.0458. The van der Waals surface area contributed by atoms with Crippen LogP contribution in [-0.4, -0.2) is 57.2 Å². The van der Waals surface area contributed by atoms with Gasteiger partial charge in [-0.1, -0.05) is 55.4 Å². The van der Waals surface area contributed by atoms with Gasteiger partial charge in [0, 0.05) is 41.4 Å². The summed E-state index contributed by atoms with van der Waals surface area (Å²) in [4.78, 5) is 33.5. The Morgan fingerprint density at radius 2 is 1.91 bits per heavy atom. The molecule has 10 heteroatoms. The van der Waals surface area contributed by atoms with Gasteiger partial charge in [-0.3, -0.25) is 9.59 Å². The zero-order chi connectivity index (χ0) is 30.3. The van der Waals surface area contributed by atoms with Gasteiger partial charge in [0.05, 0.1) is 30.4 Å². The van der Waals surface area contributed by atoms with Crippen molar-refractivity contribution in [2.24, 2.45) is 0 Å². The molecule has 3 unspecified atom stereocenters. The predicted octanol–water partition coefficient (Wildman–Crippen LogP) is 5.03. The number of nitrogens with one attached hydrogen (secondary N) is 2. The maximum atomic E-state index is 13.6. The lowest BCUT2D eigenvalue weighted by Gasteiger charge is -2.25. The first kappa shape index (κ1) is 30.6. The molecular formula is C33H39N5O4S. The van der Waals surface area contributed by atoms with E-state index in [-0.39, 0.29) is 30.3 Å². The van der Waals surface area contributed by atoms with Crippen molar-refractivity contribution in [3.05, 3.63) is 105 Å². The molecule has 43 heavy (non-hydrogen) atoms. The van der Waals surface area contributed by atoms with Crippen molar-refractivity contribution in [3.63, 3.8) is 0 Å². The van der Waals surface area contributed by atoms with Crippen LogP contribution in [0.4, 0.5) is 0 Å². The minimum Gasteiger partial charge on any atom is -0.390 e. The fraction of sp³-hybridized carbons (Fsp3) is 0.394. The van der Waals surface area contributed by atoms with Crippen molar-refractivity contribution in [1.82, 2.24) is 25.7 Å². The molecule has 0 aliphatic carbocycles. The predicted molar refractivity (Wildman–Crippen MR) is 166 cm³/mol. The number of aliphatic hydroxyl groups excluding tert-OH is 1. The molecule has 0 radical (unpaired) electrons. The molecule has 4 aromatic rings. The van der Waals surface area contributed by atoms with E-state index >= 15 is 0 Å². The maximum absolute atomic E-state index is 13.6. The SMILES string of the molecule is Cc1csc(C2CCCN2C(=O)c2cccc(C(=O)NC(Cc3ccccc3)C(O)CNCc3cc(C(C)C)no3)c2)n1. The van der Waals surface area contributed by atoms with Crippen molar-refractivity contribution in [2.75, 3.05) is 13.1 Å². The fourth-order valence-corrected chi connectivity index (χ4v) is 6.27. The van der Waals surface area contributed by atoms with Gasteiger partial charge < -0.3 is 25.2 Å². The number of likely N-dealkylation sites (tertiary alicyclic amines) is 1. The van der Waals surface area contributed by atoms with Gasteiger partial charge in [-0.2, -0.15) is 0 Å².